The minimum atomic E-state index is 1.03. The summed E-state index contributed by atoms with van der Waals surface area (Å²) in [4.78, 5) is 0. The van der Waals surface area contributed by atoms with Crippen LogP contribution in [0.15, 0.2) is 24.3 Å². The van der Waals surface area contributed by atoms with E-state index in [-0.39, 0.29) is 0 Å². The molecule has 0 fully saturated rings. The Morgan fingerprint density at radius 1 is 1.27 bits per heavy atom. The van der Waals surface area contributed by atoms with Gasteiger partial charge in [-0.1, -0.05) is 12.1 Å². The molecule has 0 atom stereocenters. The van der Waals surface area contributed by atoms with Gasteiger partial charge in [-0.2, -0.15) is 5.53 Å². The van der Waals surface area contributed by atoms with Crippen molar-refractivity contribution in [1.82, 2.24) is 10.5 Å². The van der Waals surface area contributed by atoms with Crippen LogP contribution in [0.5, 0.6) is 0 Å². The molecular weight excluding hydrogens is 138 g/mol. The van der Waals surface area contributed by atoms with Crippen molar-refractivity contribution >= 4 is 5.69 Å². The minimum absolute atomic E-state index is 1.03. The summed E-state index contributed by atoms with van der Waals surface area (Å²) < 4.78 is 0. The van der Waals surface area contributed by atoms with Crippen LogP contribution < -0.4 is 11.0 Å². The monoisotopic (exact) mass is 150 g/mol. The summed E-state index contributed by atoms with van der Waals surface area (Å²) in [5, 5.41) is 1.83. The maximum absolute atomic E-state index is 3.00. The number of benzene rings is 1. The molecule has 3 heteroatoms. The first-order chi connectivity index (χ1) is 5.29. The Balaban J connectivity index is 2.39. The highest BCUT2D eigenvalue weighted by molar-refractivity contribution is 5.40. The van der Waals surface area contributed by atoms with Crippen molar-refractivity contribution in [3.8, 4) is 0 Å². The zero-order chi connectivity index (χ0) is 8.10. The maximum atomic E-state index is 3.00. The zero-order valence-electron chi connectivity index (χ0n) is 6.76. The number of hydrazine groups is 2. The number of nitrogens with one attached hydrogen (secondary N) is 2. The second kappa shape index (κ2) is 3.95. The molecule has 0 saturated heterocycles. The fraction of sp³-hybridized carbons (Fsp3) is 0.250. The van der Waals surface area contributed by atoms with Crippen LogP contribution in [0.2, 0.25) is 0 Å². The number of nitrogens with zero attached hydrogens (tertiary/aromatic N) is 1. The molecule has 59 valence electrons. The molecular formula is C8H12N3. The highest BCUT2D eigenvalue weighted by atomic mass is 15.7. The van der Waals surface area contributed by atoms with Gasteiger partial charge in [0.2, 0.25) is 0 Å². The normalized spacial score (nSPS) is 10.1. The molecule has 1 aromatic rings. The van der Waals surface area contributed by atoms with Crippen molar-refractivity contribution in [3.63, 3.8) is 0 Å². The van der Waals surface area contributed by atoms with Crippen molar-refractivity contribution in [1.29, 1.82) is 0 Å². The molecule has 0 aliphatic rings. The van der Waals surface area contributed by atoms with Gasteiger partial charge in [0.25, 0.3) is 0 Å². The molecule has 3 nitrogen and oxygen atoms in total. The number of hydrogen-bond acceptors (Lipinski definition) is 3. The Morgan fingerprint density at radius 2 is 1.91 bits per heavy atom. The lowest BCUT2D eigenvalue weighted by molar-refractivity contribution is 0.320. The van der Waals surface area contributed by atoms with E-state index >= 15 is 0 Å². The smallest absolute Gasteiger partial charge is 0.0501 e. The second-order valence-corrected chi connectivity index (χ2v) is 2.42. The molecule has 0 aromatic heterocycles. The van der Waals surface area contributed by atoms with Crippen LogP contribution in [0.3, 0.4) is 0 Å². The minimum Gasteiger partial charge on any atom is -0.308 e. The van der Waals surface area contributed by atoms with E-state index in [1.54, 1.807) is 0 Å². The van der Waals surface area contributed by atoms with Crippen LogP contribution in [0.1, 0.15) is 0 Å². The van der Waals surface area contributed by atoms with Crippen LogP contribution in [-0.4, -0.2) is 19.1 Å². The molecule has 1 rings (SSSR count). The molecule has 0 spiro atoms. The summed E-state index contributed by atoms with van der Waals surface area (Å²) in [7, 11) is 3.84. The highest BCUT2D eigenvalue weighted by Crippen LogP contribution is 2.01. The lowest BCUT2D eigenvalue weighted by Crippen LogP contribution is -2.35. The third-order valence-electron chi connectivity index (χ3n) is 1.14. The summed E-state index contributed by atoms with van der Waals surface area (Å²) in [6.07, 6.45) is 0. The molecule has 0 unspecified atom stereocenters. The molecule has 2 N–H and O–H groups in total. The number of hydrogen-bond donors (Lipinski definition) is 2. The molecule has 11 heavy (non-hydrogen) atoms. The van der Waals surface area contributed by atoms with E-state index in [2.05, 4.69) is 17.0 Å². The maximum Gasteiger partial charge on any atom is 0.0501 e. The predicted octanol–water partition coefficient (Wildman–Crippen LogP) is 0.880. The van der Waals surface area contributed by atoms with Crippen molar-refractivity contribution in [2.24, 2.45) is 0 Å². The van der Waals surface area contributed by atoms with E-state index in [0.717, 1.165) is 5.69 Å². The second-order valence-electron chi connectivity index (χ2n) is 2.42. The average molecular weight is 150 g/mol. The Hall–Kier alpha value is -1.06. The molecule has 1 aromatic carbocycles. The standard InChI is InChI=1S/C8H12N3/c1-11(2)10-9-8-6-4-3-5-7-8/h4-7,9-10H,1-2H3. The van der Waals surface area contributed by atoms with Gasteiger partial charge in [0.1, 0.15) is 0 Å². The Morgan fingerprint density at radius 3 is 2.45 bits per heavy atom. The predicted molar refractivity (Wildman–Crippen MR) is 45.7 cm³/mol. The van der Waals surface area contributed by atoms with Crippen LogP contribution in [0.25, 0.3) is 0 Å². The Kier molecular flexibility index (Phi) is 2.89. The van der Waals surface area contributed by atoms with Crippen molar-refractivity contribution in [2.45, 2.75) is 0 Å². The Labute approximate surface area is 67.0 Å². The molecule has 0 heterocycles. The van der Waals surface area contributed by atoms with Gasteiger partial charge in [0.15, 0.2) is 0 Å². The topological polar surface area (TPSA) is 27.3 Å². The summed E-state index contributed by atoms with van der Waals surface area (Å²) in [6.45, 7) is 0. The van der Waals surface area contributed by atoms with Crippen molar-refractivity contribution < 1.29 is 0 Å². The molecule has 0 saturated carbocycles. The van der Waals surface area contributed by atoms with E-state index in [1.165, 1.54) is 0 Å². The molecule has 0 aliphatic heterocycles. The third-order valence-corrected chi connectivity index (χ3v) is 1.14. The summed E-state index contributed by atoms with van der Waals surface area (Å²) >= 11 is 0. The van der Waals surface area contributed by atoms with Gasteiger partial charge in [-0.25, -0.2) is 5.01 Å². The van der Waals surface area contributed by atoms with Gasteiger partial charge in [0.05, 0.1) is 5.69 Å². The van der Waals surface area contributed by atoms with E-state index in [0.29, 0.717) is 0 Å². The largest absolute Gasteiger partial charge is 0.308 e. The third kappa shape index (κ3) is 3.02. The lowest BCUT2D eigenvalue weighted by atomic mass is 10.3. The van der Waals surface area contributed by atoms with Crippen molar-refractivity contribution in [2.75, 3.05) is 19.5 Å². The van der Waals surface area contributed by atoms with Gasteiger partial charge in [0, 0.05) is 14.1 Å². The Bertz CT molecular complexity index is 196. The average Bonchev–Trinajstić information content (AvgIpc) is 2.03. The first kappa shape index (κ1) is 8.04. The van der Waals surface area contributed by atoms with E-state index in [1.807, 2.05) is 43.4 Å². The molecule has 0 amide bonds. The van der Waals surface area contributed by atoms with E-state index < -0.39 is 0 Å². The van der Waals surface area contributed by atoms with Crippen LogP contribution in [-0.2, 0) is 0 Å². The van der Waals surface area contributed by atoms with Gasteiger partial charge in [-0.15, -0.1) is 0 Å². The molecule has 0 aliphatic carbocycles. The first-order valence-electron chi connectivity index (χ1n) is 3.44. The summed E-state index contributed by atoms with van der Waals surface area (Å²) in [6, 6.07) is 10.5. The lowest BCUT2D eigenvalue weighted by Gasteiger charge is -2.13. The van der Waals surface area contributed by atoms with Gasteiger partial charge in [-0.3, -0.25) is 0 Å². The van der Waals surface area contributed by atoms with Gasteiger partial charge in [-0.05, 0) is 18.2 Å². The number of anilines is 1. The van der Waals surface area contributed by atoms with Crippen LogP contribution in [0, 0.1) is 6.07 Å². The van der Waals surface area contributed by atoms with Crippen LogP contribution >= 0.6 is 0 Å². The highest BCUT2D eigenvalue weighted by Gasteiger charge is 1.87. The van der Waals surface area contributed by atoms with Crippen molar-refractivity contribution in [3.05, 3.63) is 30.3 Å². The van der Waals surface area contributed by atoms with Gasteiger partial charge < -0.3 is 5.43 Å². The number of rotatable bonds is 3. The fourth-order valence-electron chi connectivity index (χ4n) is 0.647. The summed E-state index contributed by atoms with van der Waals surface area (Å²) in [5.74, 6) is 0. The SMILES string of the molecule is CN(C)NNc1cc[c]cc1. The fourth-order valence-corrected chi connectivity index (χ4v) is 0.647. The molecule has 1 radical (unpaired) electrons. The van der Waals surface area contributed by atoms with E-state index in [4.69, 9.17) is 0 Å². The first-order valence-corrected chi connectivity index (χ1v) is 3.44. The summed E-state index contributed by atoms with van der Waals surface area (Å²) in [5.41, 5.74) is 6.96. The van der Waals surface area contributed by atoms with E-state index in [9.17, 15) is 0 Å². The van der Waals surface area contributed by atoms with Crippen LogP contribution in [0.4, 0.5) is 5.69 Å². The zero-order valence-corrected chi connectivity index (χ0v) is 6.76. The quantitative estimate of drug-likeness (QED) is 0.626. The van der Waals surface area contributed by atoms with Gasteiger partial charge >= 0.3 is 0 Å². The molecule has 0 bridgehead atoms.